The van der Waals surface area contributed by atoms with E-state index in [-0.39, 0.29) is 6.61 Å². The Kier molecular flexibility index (Phi) is 4.90. The zero-order chi connectivity index (χ0) is 18.0. The number of hydrogen-bond acceptors (Lipinski definition) is 5. The largest absolute Gasteiger partial charge is 0.465 e. The van der Waals surface area contributed by atoms with Gasteiger partial charge in [0.2, 0.25) is 6.54 Å². The van der Waals surface area contributed by atoms with Gasteiger partial charge in [-0.05, 0) is 31.2 Å². The van der Waals surface area contributed by atoms with Crippen LogP contribution < -0.4 is 4.74 Å². The minimum Gasteiger partial charge on any atom is -0.465 e. The number of benzene rings is 2. The fraction of sp³-hybridized carbons (Fsp3) is 0.278. The number of nitro groups is 1. The monoisotopic (exact) mass is 361 g/mol. The van der Waals surface area contributed by atoms with E-state index in [2.05, 4.69) is 0 Å². The van der Waals surface area contributed by atoms with Gasteiger partial charge in [-0.25, -0.2) is 0 Å². The molecular formula is C18H16ClNO5. The Labute approximate surface area is 149 Å². The maximum absolute atomic E-state index is 12.7. The summed E-state index contributed by atoms with van der Waals surface area (Å²) in [5, 5.41) is 11.7. The summed E-state index contributed by atoms with van der Waals surface area (Å²) >= 11 is 6.09. The molecule has 0 aromatic heterocycles. The van der Waals surface area contributed by atoms with Crippen LogP contribution in [0.2, 0.25) is 5.02 Å². The first-order chi connectivity index (χ1) is 12.0. The van der Waals surface area contributed by atoms with Crippen LogP contribution in [0.4, 0.5) is 0 Å². The highest BCUT2D eigenvalue weighted by atomic mass is 35.5. The van der Waals surface area contributed by atoms with Crippen molar-refractivity contribution >= 4 is 17.6 Å². The van der Waals surface area contributed by atoms with E-state index in [1.54, 1.807) is 49.4 Å². The third-order valence-corrected chi connectivity index (χ3v) is 4.37. The van der Waals surface area contributed by atoms with Gasteiger partial charge in [-0.15, -0.1) is 0 Å². The van der Waals surface area contributed by atoms with Gasteiger partial charge in [-0.1, -0.05) is 29.8 Å². The van der Waals surface area contributed by atoms with E-state index in [0.29, 0.717) is 27.6 Å². The van der Waals surface area contributed by atoms with Crippen LogP contribution in [-0.4, -0.2) is 24.0 Å². The lowest BCUT2D eigenvalue weighted by molar-refractivity contribution is -0.483. The number of carbonyl (C=O) groups excluding carboxylic acids is 1. The van der Waals surface area contributed by atoms with E-state index >= 15 is 0 Å². The van der Waals surface area contributed by atoms with Crippen LogP contribution in [0.15, 0.2) is 42.5 Å². The molecule has 7 heteroatoms. The van der Waals surface area contributed by atoms with Crippen molar-refractivity contribution in [3.8, 4) is 11.5 Å². The summed E-state index contributed by atoms with van der Waals surface area (Å²) < 4.78 is 11.1. The van der Waals surface area contributed by atoms with Crippen molar-refractivity contribution in [2.75, 3.05) is 13.2 Å². The number of esters is 1. The molecule has 0 aliphatic carbocycles. The van der Waals surface area contributed by atoms with Gasteiger partial charge in [0.05, 0.1) is 18.4 Å². The van der Waals surface area contributed by atoms with Gasteiger partial charge >= 0.3 is 5.97 Å². The van der Waals surface area contributed by atoms with Gasteiger partial charge in [-0.2, -0.15) is 0 Å². The lowest BCUT2D eigenvalue weighted by Crippen LogP contribution is -2.27. The second-order valence-corrected chi connectivity index (χ2v) is 6.11. The lowest BCUT2D eigenvalue weighted by atomic mass is 9.81. The van der Waals surface area contributed by atoms with Gasteiger partial charge in [0.15, 0.2) is 0 Å². The van der Waals surface area contributed by atoms with Crippen molar-refractivity contribution in [2.24, 2.45) is 0 Å². The maximum Gasteiger partial charge on any atom is 0.314 e. The number of halogens is 1. The molecule has 2 atom stereocenters. The molecule has 2 aromatic carbocycles. The van der Waals surface area contributed by atoms with E-state index < -0.39 is 29.3 Å². The quantitative estimate of drug-likeness (QED) is 0.464. The maximum atomic E-state index is 12.7. The van der Waals surface area contributed by atoms with Crippen molar-refractivity contribution < 1.29 is 19.2 Å². The molecule has 0 radical (unpaired) electrons. The summed E-state index contributed by atoms with van der Waals surface area (Å²) in [5.74, 6) is -1.17. The molecule has 1 aliphatic heterocycles. The molecule has 0 fully saturated rings. The van der Waals surface area contributed by atoms with Crippen LogP contribution >= 0.6 is 11.6 Å². The van der Waals surface area contributed by atoms with Gasteiger partial charge in [0, 0.05) is 21.1 Å². The highest BCUT2D eigenvalue weighted by Gasteiger charge is 2.41. The molecule has 0 unspecified atom stereocenters. The average molecular weight is 362 g/mol. The fourth-order valence-electron chi connectivity index (χ4n) is 3.13. The summed E-state index contributed by atoms with van der Waals surface area (Å²) in [6, 6.07) is 11.9. The number of para-hydroxylation sites is 1. The topological polar surface area (TPSA) is 78.7 Å². The minimum atomic E-state index is -0.846. The highest BCUT2D eigenvalue weighted by Crippen LogP contribution is 2.47. The van der Waals surface area contributed by atoms with E-state index in [1.807, 2.05) is 0 Å². The zero-order valence-electron chi connectivity index (χ0n) is 13.5. The number of nitrogens with zero attached hydrogens (tertiary/aromatic N) is 1. The second kappa shape index (κ2) is 7.11. The number of carbonyl (C=O) groups is 1. The molecule has 3 rings (SSSR count). The van der Waals surface area contributed by atoms with Crippen LogP contribution in [0.3, 0.4) is 0 Å². The molecule has 130 valence electrons. The summed E-state index contributed by atoms with van der Waals surface area (Å²) in [6.07, 6.45) is 0. The molecule has 0 saturated heterocycles. The summed E-state index contributed by atoms with van der Waals surface area (Å²) in [6.45, 7) is 1.45. The van der Waals surface area contributed by atoms with Gasteiger partial charge < -0.3 is 9.47 Å². The van der Waals surface area contributed by atoms with Crippen molar-refractivity contribution in [2.45, 2.75) is 18.8 Å². The normalized spacial score (nSPS) is 18.3. The zero-order valence-corrected chi connectivity index (χ0v) is 14.2. The molecule has 1 aliphatic rings. The Morgan fingerprint density at radius 1 is 1.24 bits per heavy atom. The highest BCUT2D eigenvalue weighted by molar-refractivity contribution is 6.30. The molecule has 0 amide bonds. The molecule has 25 heavy (non-hydrogen) atoms. The van der Waals surface area contributed by atoms with Crippen LogP contribution in [0.5, 0.6) is 11.5 Å². The van der Waals surface area contributed by atoms with E-state index in [4.69, 9.17) is 21.1 Å². The Balaban J connectivity index is 2.23. The van der Waals surface area contributed by atoms with E-state index in [0.717, 1.165) is 0 Å². The number of hydrogen-bond donors (Lipinski definition) is 0. The molecular weight excluding hydrogens is 346 g/mol. The van der Waals surface area contributed by atoms with E-state index in [9.17, 15) is 14.9 Å². The first kappa shape index (κ1) is 17.2. The number of rotatable bonds is 4. The third kappa shape index (κ3) is 3.44. The molecule has 2 aromatic rings. The second-order valence-electron chi connectivity index (χ2n) is 5.67. The first-order valence-electron chi connectivity index (χ1n) is 7.86. The summed E-state index contributed by atoms with van der Waals surface area (Å²) in [4.78, 5) is 23.5. The Morgan fingerprint density at radius 2 is 1.96 bits per heavy atom. The Bertz CT molecular complexity index is 823. The third-order valence-electron chi connectivity index (χ3n) is 4.13. The van der Waals surface area contributed by atoms with E-state index in [1.165, 1.54) is 0 Å². The minimum absolute atomic E-state index is 0.186. The molecule has 0 spiro atoms. The standard InChI is InChI=1S/C18H16ClNO5/c1-2-24-18(21)17-12-5-3-4-6-15(12)25-16-8-7-11(19)9-13(16)14(17)10-20(22)23/h3-9,14,17H,2,10H2,1H3/t14-,17-/m0/s1. The first-order valence-corrected chi connectivity index (χ1v) is 8.23. The fourth-order valence-corrected chi connectivity index (χ4v) is 3.32. The van der Waals surface area contributed by atoms with Crippen LogP contribution in [0.1, 0.15) is 29.9 Å². The molecule has 0 N–H and O–H groups in total. The lowest BCUT2D eigenvalue weighted by Gasteiger charge is -2.22. The van der Waals surface area contributed by atoms with Crippen LogP contribution in [0.25, 0.3) is 0 Å². The Morgan fingerprint density at radius 3 is 2.68 bits per heavy atom. The molecule has 0 bridgehead atoms. The molecule has 0 saturated carbocycles. The predicted octanol–water partition coefficient (Wildman–Crippen LogP) is 4.15. The van der Waals surface area contributed by atoms with Gasteiger partial charge in [0.25, 0.3) is 0 Å². The summed E-state index contributed by atoms with van der Waals surface area (Å²) in [7, 11) is 0. The SMILES string of the molecule is CCOC(=O)[C@H]1c2ccccc2Oc2ccc(Cl)cc2[C@@H]1C[N+](=O)[O-]. The van der Waals surface area contributed by atoms with Crippen LogP contribution in [0, 0.1) is 10.1 Å². The van der Waals surface area contributed by atoms with Crippen molar-refractivity contribution in [3.05, 3.63) is 68.7 Å². The van der Waals surface area contributed by atoms with Crippen LogP contribution in [-0.2, 0) is 9.53 Å². The summed E-state index contributed by atoms with van der Waals surface area (Å²) in [5.41, 5.74) is 1.10. The number of fused-ring (bicyclic) bond motifs is 2. The van der Waals surface area contributed by atoms with Crippen molar-refractivity contribution in [1.82, 2.24) is 0 Å². The predicted molar refractivity (Wildman–Crippen MR) is 91.9 cm³/mol. The molecule has 1 heterocycles. The van der Waals surface area contributed by atoms with Gasteiger partial charge in [-0.3, -0.25) is 14.9 Å². The number of ether oxygens (including phenoxy) is 2. The smallest absolute Gasteiger partial charge is 0.314 e. The van der Waals surface area contributed by atoms with Crippen molar-refractivity contribution in [3.63, 3.8) is 0 Å². The molecule has 6 nitrogen and oxygen atoms in total. The van der Waals surface area contributed by atoms with Gasteiger partial charge in [0.1, 0.15) is 11.5 Å². The Hall–Kier alpha value is -2.60. The van der Waals surface area contributed by atoms with Crippen molar-refractivity contribution in [1.29, 1.82) is 0 Å². The average Bonchev–Trinajstić information content (AvgIpc) is 2.69.